The van der Waals surface area contributed by atoms with Crippen molar-refractivity contribution in [3.05, 3.63) is 11.9 Å². The third-order valence-corrected chi connectivity index (χ3v) is 4.50. The predicted octanol–water partition coefficient (Wildman–Crippen LogP) is 2.75. The van der Waals surface area contributed by atoms with E-state index in [2.05, 4.69) is 15.7 Å². The summed E-state index contributed by atoms with van der Waals surface area (Å²) in [5.41, 5.74) is 0.793. The summed E-state index contributed by atoms with van der Waals surface area (Å²) >= 11 is 0. The summed E-state index contributed by atoms with van der Waals surface area (Å²) in [6.45, 7) is 5.13. The molecular weight excluding hydrogens is 280 g/mol. The van der Waals surface area contributed by atoms with Crippen LogP contribution in [0.4, 0.5) is 10.5 Å². The molecule has 0 saturated heterocycles. The van der Waals surface area contributed by atoms with Gasteiger partial charge in [-0.3, -0.25) is 4.68 Å². The van der Waals surface area contributed by atoms with Crippen LogP contribution in [0.3, 0.4) is 0 Å². The average molecular weight is 308 g/mol. The molecule has 1 fully saturated rings. The lowest BCUT2D eigenvalue weighted by molar-refractivity contribution is 0.0486. The number of carbonyl (C=O) groups is 1. The van der Waals surface area contributed by atoms with Crippen LogP contribution in [0.15, 0.2) is 6.20 Å². The fourth-order valence-electron chi connectivity index (χ4n) is 2.81. The van der Waals surface area contributed by atoms with Gasteiger partial charge in [-0.05, 0) is 33.6 Å². The molecule has 1 aromatic rings. The summed E-state index contributed by atoms with van der Waals surface area (Å²) in [7, 11) is 1.87. The summed E-state index contributed by atoms with van der Waals surface area (Å²) < 4.78 is 1.75. The van der Waals surface area contributed by atoms with E-state index in [1.165, 1.54) is 19.3 Å². The Morgan fingerprint density at radius 1 is 1.41 bits per heavy atom. The Labute approximate surface area is 132 Å². The predicted molar refractivity (Wildman–Crippen MR) is 86.9 cm³/mol. The van der Waals surface area contributed by atoms with E-state index < -0.39 is 5.60 Å². The van der Waals surface area contributed by atoms with Crippen molar-refractivity contribution < 1.29 is 9.90 Å². The number of nitrogens with zero attached hydrogens (tertiary/aromatic N) is 2. The Balaban J connectivity index is 2.04. The van der Waals surface area contributed by atoms with Crippen LogP contribution in [-0.2, 0) is 7.05 Å². The molecule has 6 heteroatoms. The van der Waals surface area contributed by atoms with Gasteiger partial charge in [0.25, 0.3) is 0 Å². The van der Waals surface area contributed by atoms with E-state index >= 15 is 0 Å². The van der Waals surface area contributed by atoms with Gasteiger partial charge >= 0.3 is 6.03 Å². The van der Waals surface area contributed by atoms with E-state index in [9.17, 15) is 9.90 Å². The van der Waals surface area contributed by atoms with Gasteiger partial charge in [0, 0.05) is 19.2 Å². The first-order valence-corrected chi connectivity index (χ1v) is 8.11. The summed E-state index contributed by atoms with van der Waals surface area (Å²) in [5, 5.41) is 20.1. The van der Waals surface area contributed by atoms with E-state index in [1.807, 2.05) is 13.2 Å². The molecule has 2 amide bonds. The molecule has 1 aliphatic rings. The fraction of sp³-hybridized carbons (Fsp3) is 0.750. The van der Waals surface area contributed by atoms with Crippen LogP contribution in [0.2, 0.25) is 0 Å². The quantitative estimate of drug-likeness (QED) is 0.800. The van der Waals surface area contributed by atoms with E-state index in [-0.39, 0.29) is 12.1 Å². The second-order valence-corrected chi connectivity index (χ2v) is 6.91. The minimum absolute atomic E-state index is 0.306. The monoisotopic (exact) mass is 308 g/mol. The lowest BCUT2D eigenvalue weighted by Crippen LogP contribution is -2.48. The third-order valence-electron chi connectivity index (χ3n) is 4.50. The van der Waals surface area contributed by atoms with Crippen molar-refractivity contribution in [1.82, 2.24) is 15.1 Å². The van der Waals surface area contributed by atoms with Gasteiger partial charge in [0.1, 0.15) is 0 Å². The second-order valence-electron chi connectivity index (χ2n) is 6.91. The molecule has 1 saturated carbocycles. The van der Waals surface area contributed by atoms with Crippen LogP contribution >= 0.6 is 0 Å². The Hall–Kier alpha value is -1.56. The molecule has 22 heavy (non-hydrogen) atoms. The Morgan fingerprint density at radius 3 is 2.64 bits per heavy atom. The zero-order chi connectivity index (χ0) is 16.3. The Bertz CT molecular complexity index is 513. The van der Waals surface area contributed by atoms with Crippen LogP contribution in [0.1, 0.15) is 64.5 Å². The van der Waals surface area contributed by atoms with Gasteiger partial charge in [-0.25, -0.2) is 4.79 Å². The molecular formula is C16H28N4O2. The molecule has 0 spiro atoms. The molecule has 2 rings (SSSR count). The van der Waals surface area contributed by atoms with Gasteiger partial charge in [-0.2, -0.15) is 5.10 Å². The number of aliphatic hydroxyl groups is 1. The lowest BCUT2D eigenvalue weighted by Gasteiger charge is -2.27. The van der Waals surface area contributed by atoms with Crippen molar-refractivity contribution in [2.45, 2.75) is 70.4 Å². The Kier molecular flexibility index (Phi) is 5.11. The van der Waals surface area contributed by atoms with Gasteiger partial charge in [-0.1, -0.05) is 19.3 Å². The van der Waals surface area contributed by atoms with E-state index in [4.69, 9.17) is 0 Å². The average Bonchev–Trinajstić information content (AvgIpc) is 2.79. The molecule has 6 nitrogen and oxygen atoms in total. The summed E-state index contributed by atoms with van der Waals surface area (Å²) in [4.78, 5) is 12.1. The highest BCUT2D eigenvalue weighted by molar-refractivity contribution is 5.90. The van der Waals surface area contributed by atoms with Gasteiger partial charge in [0.05, 0.1) is 23.0 Å². The fourth-order valence-corrected chi connectivity index (χ4v) is 2.81. The van der Waals surface area contributed by atoms with Gasteiger partial charge < -0.3 is 15.7 Å². The minimum Gasteiger partial charge on any atom is -0.388 e. The number of hydrogen-bond acceptors (Lipinski definition) is 3. The lowest BCUT2D eigenvalue weighted by atomic mass is 9.86. The van der Waals surface area contributed by atoms with Crippen LogP contribution in [0.25, 0.3) is 0 Å². The first-order valence-electron chi connectivity index (χ1n) is 8.11. The first-order chi connectivity index (χ1) is 10.3. The largest absolute Gasteiger partial charge is 0.388 e. The van der Waals surface area contributed by atoms with E-state index in [0.717, 1.165) is 24.2 Å². The molecule has 124 valence electrons. The van der Waals surface area contributed by atoms with E-state index in [0.29, 0.717) is 5.92 Å². The third kappa shape index (κ3) is 4.22. The molecule has 0 unspecified atom stereocenters. The molecule has 1 aromatic heterocycles. The molecule has 0 aromatic carbocycles. The molecule has 1 heterocycles. The number of rotatable bonds is 4. The van der Waals surface area contributed by atoms with Crippen molar-refractivity contribution in [3.63, 3.8) is 0 Å². The number of aryl methyl sites for hydroxylation is 1. The van der Waals surface area contributed by atoms with Gasteiger partial charge in [0.15, 0.2) is 0 Å². The number of nitrogens with one attached hydrogen (secondary N) is 2. The highest BCUT2D eigenvalue weighted by atomic mass is 16.3. The van der Waals surface area contributed by atoms with Crippen LogP contribution < -0.4 is 10.6 Å². The molecule has 1 atom stereocenters. The second kappa shape index (κ2) is 6.69. The van der Waals surface area contributed by atoms with Crippen molar-refractivity contribution in [1.29, 1.82) is 0 Å². The number of hydrogen-bond donors (Lipinski definition) is 3. The molecule has 0 aliphatic heterocycles. The van der Waals surface area contributed by atoms with Crippen LogP contribution in [-0.4, -0.2) is 32.6 Å². The van der Waals surface area contributed by atoms with Crippen molar-refractivity contribution >= 4 is 11.7 Å². The summed E-state index contributed by atoms with van der Waals surface area (Å²) in [6.07, 6.45) is 7.85. The number of aromatic nitrogens is 2. The minimum atomic E-state index is -0.960. The Morgan fingerprint density at radius 2 is 2.05 bits per heavy atom. The van der Waals surface area contributed by atoms with Crippen LogP contribution in [0.5, 0.6) is 0 Å². The molecule has 3 N–H and O–H groups in total. The maximum Gasteiger partial charge on any atom is 0.319 e. The number of urea groups is 1. The smallest absolute Gasteiger partial charge is 0.319 e. The molecule has 0 radical (unpaired) electrons. The number of amides is 2. The summed E-state index contributed by atoms with van der Waals surface area (Å²) in [6, 6.07) is -0.651. The SMILES string of the molecule is C[C@H](NC(=O)Nc1cn(C)nc1C1CCCCC1)C(C)(C)O. The maximum atomic E-state index is 12.1. The topological polar surface area (TPSA) is 79.2 Å². The number of anilines is 1. The van der Waals surface area contributed by atoms with E-state index in [1.54, 1.807) is 25.5 Å². The van der Waals surface area contributed by atoms with Crippen molar-refractivity contribution in [2.75, 3.05) is 5.32 Å². The highest BCUT2D eigenvalue weighted by Crippen LogP contribution is 2.35. The number of carbonyl (C=O) groups excluding carboxylic acids is 1. The first kappa shape index (κ1) is 16.8. The zero-order valence-corrected chi connectivity index (χ0v) is 14.0. The maximum absolute atomic E-state index is 12.1. The van der Waals surface area contributed by atoms with Gasteiger partial charge in [0.2, 0.25) is 0 Å². The normalized spacial score (nSPS) is 18.0. The van der Waals surface area contributed by atoms with Crippen LogP contribution in [0, 0.1) is 0 Å². The van der Waals surface area contributed by atoms with Gasteiger partial charge in [-0.15, -0.1) is 0 Å². The molecule has 1 aliphatic carbocycles. The van der Waals surface area contributed by atoms with Crippen molar-refractivity contribution in [2.24, 2.45) is 7.05 Å². The summed E-state index contributed by atoms with van der Waals surface area (Å²) in [5.74, 6) is 0.428. The standard InChI is InChI=1S/C16H28N4O2/c1-11(16(2,3)22)17-15(21)18-13-10-20(4)19-14(13)12-8-6-5-7-9-12/h10-12,22H,5-9H2,1-4H3,(H2,17,18,21)/t11-/m0/s1. The zero-order valence-electron chi connectivity index (χ0n) is 14.0. The highest BCUT2D eigenvalue weighted by Gasteiger charge is 2.26. The van der Waals surface area contributed by atoms with Crippen molar-refractivity contribution in [3.8, 4) is 0 Å². The molecule has 0 bridgehead atoms.